The van der Waals surface area contributed by atoms with Crippen LogP contribution in [-0.2, 0) is 10.8 Å². The van der Waals surface area contributed by atoms with Crippen LogP contribution in [0, 0.1) is 6.92 Å². The molecule has 9 heteroatoms. The van der Waals surface area contributed by atoms with Gasteiger partial charge in [0, 0.05) is 55.5 Å². The molecular weight excluding hydrogens is 1080 g/mol. The molecule has 0 fully saturated rings. The maximum absolute atomic E-state index is 6.82. The number of ether oxygens (including phenoxy) is 4. The van der Waals surface area contributed by atoms with E-state index in [1.54, 1.807) is 0 Å². The van der Waals surface area contributed by atoms with Gasteiger partial charge in [-0.05, 0) is 193 Å². The van der Waals surface area contributed by atoms with Gasteiger partial charge in [0.1, 0.15) is 22.7 Å². The highest BCUT2D eigenvalue weighted by molar-refractivity contribution is 7.00. The Hall–Kier alpha value is -10.6. The molecule has 2 aromatic heterocycles. The fourth-order valence-electron chi connectivity index (χ4n) is 15.7. The summed E-state index contributed by atoms with van der Waals surface area (Å²) in [5.41, 5.74) is 28.1. The lowest BCUT2D eigenvalue weighted by Crippen LogP contribution is -2.61. The fourth-order valence-corrected chi connectivity index (χ4v) is 15.7. The Balaban J connectivity index is 0.866. The van der Waals surface area contributed by atoms with Crippen LogP contribution in [0.5, 0.6) is 23.0 Å². The third kappa shape index (κ3) is 6.92. The Bertz CT molecular complexity index is 4850. The quantitative estimate of drug-likeness (QED) is 0.153. The van der Waals surface area contributed by atoms with Crippen LogP contribution in [0.3, 0.4) is 0 Å². The second-order valence-corrected chi connectivity index (χ2v) is 25.5. The van der Waals surface area contributed by atoms with Crippen molar-refractivity contribution >= 4 is 79.2 Å². The Morgan fingerprint density at radius 1 is 0.375 bits per heavy atom. The average molecular weight is 1140 g/mol. The minimum atomic E-state index is -0.274. The Morgan fingerprint density at radius 2 is 0.807 bits per heavy atom. The molecule has 8 nitrogen and oxygen atoms in total. The number of hydrogen-bond donors (Lipinski definition) is 0. The zero-order chi connectivity index (χ0) is 58.5. The molecule has 0 saturated carbocycles. The van der Waals surface area contributed by atoms with Crippen molar-refractivity contribution in [1.29, 1.82) is 0 Å². The molecule has 88 heavy (non-hydrogen) atoms. The molecule has 0 unspecified atom stereocenters. The lowest BCUT2D eigenvalue weighted by Gasteiger charge is -2.44. The van der Waals surface area contributed by atoms with E-state index in [0.717, 1.165) is 123 Å². The molecule has 0 saturated heterocycles. The van der Waals surface area contributed by atoms with E-state index in [1.807, 2.05) is 24.3 Å². The first-order valence-electron chi connectivity index (χ1n) is 30.4. The molecule has 0 amide bonds. The smallest absolute Gasteiger partial charge is 0.252 e. The molecule has 2 aliphatic carbocycles. The number of anilines is 6. The number of furan rings is 2. The molecule has 6 heterocycles. The summed E-state index contributed by atoms with van der Waals surface area (Å²) in [4.78, 5) is 4.87. The number of para-hydroxylation sites is 2. The number of hydrogen-bond acceptors (Lipinski definition) is 8. The van der Waals surface area contributed by atoms with E-state index < -0.39 is 0 Å². The molecule has 420 valence electrons. The van der Waals surface area contributed by atoms with E-state index in [9.17, 15) is 0 Å². The summed E-state index contributed by atoms with van der Waals surface area (Å²) in [7, 11) is 0. The van der Waals surface area contributed by atoms with Gasteiger partial charge in [-0.25, -0.2) is 0 Å². The summed E-state index contributed by atoms with van der Waals surface area (Å²) in [5, 5.41) is 2.09. The number of rotatable bonds is 6. The molecule has 13 aromatic rings. The van der Waals surface area contributed by atoms with Crippen molar-refractivity contribution in [2.75, 3.05) is 23.4 Å². The number of aryl methyl sites for hydroxylation is 1. The third-order valence-corrected chi connectivity index (χ3v) is 19.8. The second kappa shape index (κ2) is 17.7. The minimum Gasteiger partial charge on any atom is -0.456 e. The van der Waals surface area contributed by atoms with Crippen molar-refractivity contribution < 1.29 is 27.8 Å². The van der Waals surface area contributed by atoms with Crippen molar-refractivity contribution in [3.05, 3.63) is 246 Å². The molecule has 0 bridgehead atoms. The fraction of sp³-hybridized carbons (Fsp3) is 0.114. The van der Waals surface area contributed by atoms with Crippen LogP contribution in [0.4, 0.5) is 34.1 Å². The first-order valence-corrected chi connectivity index (χ1v) is 30.4. The Morgan fingerprint density at radius 3 is 1.28 bits per heavy atom. The van der Waals surface area contributed by atoms with Crippen molar-refractivity contribution in [3.63, 3.8) is 0 Å². The Kier molecular flexibility index (Phi) is 10.0. The van der Waals surface area contributed by atoms with Gasteiger partial charge in [-0.1, -0.05) is 149 Å². The SMILES string of the molecule is Cc1cc2c3c(c1)N(c1cc(-c4ccc5c(c4)C(C)(C)c4ccccc4-5)cc(-c4cc5ccccc5o4)c1)c1c(ccc4c1OCO4)B3c1ccc3c(c1N2c1cc(-c2ccc4c(c2)C(C)(C)c2ccccc2-4)cc(-c2cc4ccccc4o2)c1)OCO3. The van der Waals surface area contributed by atoms with Crippen LogP contribution < -0.4 is 45.1 Å². The summed E-state index contributed by atoms with van der Waals surface area (Å²) in [6.45, 7) is 11.5. The van der Waals surface area contributed by atoms with Crippen LogP contribution in [-0.4, -0.2) is 20.3 Å². The molecular formula is C79H55BN2O6. The van der Waals surface area contributed by atoms with Crippen LogP contribution in [0.2, 0.25) is 0 Å². The van der Waals surface area contributed by atoms with Gasteiger partial charge in [-0.3, -0.25) is 0 Å². The summed E-state index contributed by atoms with van der Waals surface area (Å²) in [6.07, 6.45) is 0. The molecule has 4 aliphatic heterocycles. The topological polar surface area (TPSA) is 69.7 Å². The third-order valence-electron chi connectivity index (χ3n) is 19.8. The maximum Gasteiger partial charge on any atom is 0.252 e. The van der Waals surface area contributed by atoms with Crippen molar-refractivity contribution in [2.24, 2.45) is 0 Å². The van der Waals surface area contributed by atoms with E-state index in [0.29, 0.717) is 23.0 Å². The first-order chi connectivity index (χ1) is 43.0. The highest BCUT2D eigenvalue weighted by Crippen LogP contribution is 2.57. The van der Waals surface area contributed by atoms with E-state index in [4.69, 9.17) is 27.8 Å². The molecule has 6 aliphatic rings. The molecule has 0 N–H and O–H groups in total. The van der Waals surface area contributed by atoms with Gasteiger partial charge >= 0.3 is 0 Å². The molecule has 19 rings (SSSR count). The zero-order valence-electron chi connectivity index (χ0n) is 49.1. The number of nitrogens with zero attached hydrogens (tertiary/aromatic N) is 2. The van der Waals surface area contributed by atoms with Gasteiger partial charge in [0.25, 0.3) is 6.71 Å². The average Bonchev–Trinajstić information content (AvgIpc) is 1.45. The minimum absolute atomic E-state index is 0.107. The second-order valence-electron chi connectivity index (χ2n) is 25.5. The lowest BCUT2D eigenvalue weighted by atomic mass is 9.33. The molecule has 0 atom stereocenters. The van der Waals surface area contributed by atoms with Crippen molar-refractivity contribution in [1.82, 2.24) is 0 Å². The predicted molar refractivity (Wildman–Crippen MR) is 354 cm³/mol. The van der Waals surface area contributed by atoms with Crippen LogP contribution in [0.25, 0.3) is 89.1 Å². The van der Waals surface area contributed by atoms with Gasteiger partial charge in [0.05, 0.1) is 11.4 Å². The molecule has 11 aromatic carbocycles. The number of benzene rings is 11. The molecule has 0 radical (unpaired) electrons. The highest BCUT2D eigenvalue weighted by Gasteiger charge is 2.48. The largest absolute Gasteiger partial charge is 0.456 e. The van der Waals surface area contributed by atoms with Gasteiger partial charge in [0.2, 0.25) is 13.6 Å². The molecule has 0 spiro atoms. The summed E-state index contributed by atoms with van der Waals surface area (Å²) in [6, 6.07) is 79.8. The van der Waals surface area contributed by atoms with Crippen LogP contribution >= 0.6 is 0 Å². The van der Waals surface area contributed by atoms with Crippen molar-refractivity contribution in [3.8, 4) is 90.2 Å². The Labute approximate surface area is 509 Å². The standard InChI is InChI=1S/C79H55BN2O6/c1-44-30-65-73-66(31-44)82(54-35-50(33-52(37-54)72-41-48-15-7-13-21-68(48)88-72)46-23-25-58-56-17-9-11-19-60(56)79(4,5)62(58)39-46)75-64(27-29-70-77(75)86-43-84-70)80(73)63-26-28-69-76(85-42-83-69)74(63)81(65)53-34-49(32-51(36-53)71-40-47-14-6-12-20-67(47)87-71)45-22-24-57-55-16-8-10-18-59(55)78(2,3)61(57)38-45/h6-41H,42-43H2,1-5H3. The monoisotopic (exact) mass is 1140 g/mol. The van der Waals surface area contributed by atoms with E-state index >= 15 is 0 Å². The first kappa shape index (κ1) is 49.6. The highest BCUT2D eigenvalue weighted by atomic mass is 16.7. The van der Waals surface area contributed by atoms with E-state index in [2.05, 4.69) is 239 Å². The van der Waals surface area contributed by atoms with Crippen LogP contribution in [0.1, 0.15) is 55.5 Å². The van der Waals surface area contributed by atoms with Gasteiger partial charge in [0.15, 0.2) is 23.0 Å². The zero-order valence-corrected chi connectivity index (χ0v) is 49.1. The van der Waals surface area contributed by atoms with E-state index in [-0.39, 0.29) is 31.1 Å². The summed E-state index contributed by atoms with van der Waals surface area (Å²) >= 11 is 0. The van der Waals surface area contributed by atoms with E-state index in [1.165, 1.54) is 44.5 Å². The van der Waals surface area contributed by atoms with Crippen LogP contribution in [0.15, 0.2) is 227 Å². The normalized spacial score (nSPS) is 15.3. The van der Waals surface area contributed by atoms with Gasteiger partial charge < -0.3 is 37.6 Å². The van der Waals surface area contributed by atoms with Gasteiger partial charge in [-0.2, -0.15) is 0 Å². The number of fused-ring (bicyclic) bond motifs is 16. The predicted octanol–water partition coefficient (Wildman–Crippen LogP) is 18.3. The van der Waals surface area contributed by atoms with Crippen molar-refractivity contribution in [2.45, 2.75) is 45.4 Å². The lowest BCUT2D eigenvalue weighted by molar-refractivity contribution is 0.174. The summed E-state index contributed by atoms with van der Waals surface area (Å²) < 4.78 is 39.7. The maximum atomic E-state index is 6.82. The van der Waals surface area contributed by atoms with Gasteiger partial charge in [-0.15, -0.1) is 0 Å². The summed E-state index contributed by atoms with van der Waals surface area (Å²) in [5.74, 6) is 4.37.